The van der Waals surface area contributed by atoms with Gasteiger partial charge < -0.3 is 4.90 Å². The minimum atomic E-state index is -0.0320. The van der Waals surface area contributed by atoms with Crippen LogP contribution in [0.3, 0.4) is 0 Å². The Morgan fingerprint density at radius 2 is 1.84 bits per heavy atom. The Kier molecular flexibility index (Phi) is 2.91. The van der Waals surface area contributed by atoms with Crippen LogP contribution in [-0.4, -0.2) is 16.5 Å². The predicted molar refractivity (Wildman–Crippen MR) is 78.5 cm³/mol. The Balaban J connectivity index is 2.10. The van der Waals surface area contributed by atoms with Gasteiger partial charge in [-0.1, -0.05) is 37.0 Å². The summed E-state index contributed by atoms with van der Waals surface area (Å²) in [5, 5.41) is 1.11. The van der Waals surface area contributed by atoms with Gasteiger partial charge in [0.15, 0.2) is 5.82 Å². The van der Waals surface area contributed by atoms with Crippen molar-refractivity contribution in [2.45, 2.75) is 19.3 Å². The molecular formula is C14H13Cl2N3. The number of nitrogens with zero attached hydrogens (tertiary/aromatic N) is 3. The summed E-state index contributed by atoms with van der Waals surface area (Å²) >= 11 is 12.1. The van der Waals surface area contributed by atoms with Crippen LogP contribution in [0, 0.1) is 0 Å². The third kappa shape index (κ3) is 2.07. The Hall–Kier alpha value is -1.32. The molecule has 0 atom stereocenters. The summed E-state index contributed by atoms with van der Waals surface area (Å²) in [6.45, 7) is 5.15. The molecule has 3 nitrogen and oxygen atoms in total. The Morgan fingerprint density at radius 1 is 1.11 bits per heavy atom. The molecule has 0 saturated heterocycles. The number of hydrogen-bond acceptors (Lipinski definition) is 3. The maximum absolute atomic E-state index is 6.10. The highest BCUT2D eigenvalue weighted by Gasteiger charge is 2.38. The van der Waals surface area contributed by atoms with Gasteiger partial charge in [0.25, 0.3) is 0 Å². The summed E-state index contributed by atoms with van der Waals surface area (Å²) in [7, 11) is 0. The first kappa shape index (κ1) is 12.7. The minimum Gasteiger partial charge on any atom is -0.324 e. The van der Waals surface area contributed by atoms with Crippen molar-refractivity contribution in [3.8, 4) is 0 Å². The smallest absolute Gasteiger partial charge is 0.155 e. The molecule has 0 saturated carbocycles. The van der Waals surface area contributed by atoms with E-state index in [9.17, 15) is 0 Å². The van der Waals surface area contributed by atoms with Gasteiger partial charge in [-0.3, -0.25) is 4.98 Å². The molecule has 0 spiro atoms. The van der Waals surface area contributed by atoms with Crippen molar-refractivity contribution < 1.29 is 0 Å². The van der Waals surface area contributed by atoms with Crippen molar-refractivity contribution in [2.75, 3.05) is 11.4 Å². The van der Waals surface area contributed by atoms with Gasteiger partial charge in [0.2, 0.25) is 0 Å². The third-order valence-corrected chi connectivity index (χ3v) is 4.08. The van der Waals surface area contributed by atoms with Crippen molar-refractivity contribution in [3.63, 3.8) is 0 Å². The summed E-state index contributed by atoms with van der Waals surface area (Å²) in [6.07, 6.45) is 3.45. The summed E-state index contributed by atoms with van der Waals surface area (Å²) < 4.78 is 0. The van der Waals surface area contributed by atoms with Gasteiger partial charge in [0.1, 0.15) is 0 Å². The van der Waals surface area contributed by atoms with Crippen LogP contribution in [0.2, 0.25) is 10.0 Å². The van der Waals surface area contributed by atoms with E-state index >= 15 is 0 Å². The Labute approximate surface area is 122 Å². The second-order valence-corrected chi connectivity index (χ2v) is 6.11. The Morgan fingerprint density at radius 3 is 2.58 bits per heavy atom. The molecule has 0 radical (unpaired) electrons. The fourth-order valence-corrected chi connectivity index (χ4v) is 2.71. The lowest BCUT2D eigenvalue weighted by Crippen LogP contribution is -2.25. The van der Waals surface area contributed by atoms with Gasteiger partial charge in [-0.25, -0.2) is 4.98 Å². The van der Waals surface area contributed by atoms with Crippen LogP contribution in [0.4, 0.5) is 11.5 Å². The highest BCUT2D eigenvalue weighted by atomic mass is 35.5. The predicted octanol–water partition coefficient (Wildman–Crippen LogP) is 4.21. The Bertz CT molecular complexity index is 640. The normalized spacial score (nSPS) is 16.5. The van der Waals surface area contributed by atoms with Gasteiger partial charge in [-0.05, 0) is 18.2 Å². The molecule has 98 valence electrons. The van der Waals surface area contributed by atoms with Crippen molar-refractivity contribution in [2.24, 2.45) is 0 Å². The van der Waals surface area contributed by atoms with E-state index in [2.05, 4.69) is 28.7 Å². The molecule has 1 aliphatic rings. The number of aromatic nitrogens is 2. The second kappa shape index (κ2) is 4.36. The number of rotatable bonds is 1. The van der Waals surface area contributed by atoms with Gasteiger partial charge in [-0.2, -0.15) is 0 Å². The highest BCUT2D eigenvalue weighted by Crippen LogP contribution is 2.42. The SMILES string of the molecule is CC1(C)CN(c2ccc(Cl)c(Cl)c2)c2nccnc21. The molecule has 0 aliphatic carbocycles. The minimum absolute atomic E-state index is 0.0320. The maximum atomic E-state index is 6.10. The first-order valence-corrected chi connectivity index (χ1v) is 6.79. The fraction of sp³-hybridized carbons (Fsp3) is 0.286. The van der Waals surface area contributed by atoms with E-state index in [1.54, 1.807) is 18.5 Å². The topological polar surface area (TPSA) is 29.0 Å². The van der Waals surface area contributed by atoms with Gasteiger partial charge in [0, 0.05) is 30.0 Å². The number of anilines is 2. The van der Waals surface area contributed by atoms with Crippen molar-refractivity contribution in [3.05, 3.63) is 46.3 Å². The summed E-state index contributed by atoms with van der Waals surface area (Å²) in [5.74, 6) is 0.894. The average Bonchev–Trinajstić information content (AvgIpc) is 2.66. The molecule has 0 N–H and O–H groups in total. The van der Waals surface area contributed by atoms with Crippen LogP contribution in [0.5, 0.6) is 0 Å². The highest BCUT2D eigenvalue weighted by molar-refractivity contribution is 6.42. The molecule has 3 rings (SSSR count). The zero-order chi connectivity index (χ0) is 13.6. The average molecular weight is 294 g/mol. The summed E-state index contributed by atoms with van der Waals surface area (Å²) in [6, 6.07) is 5.62. The zero-order valence-electron chi connectivity index (χ0n) is 10.7. The molecule has 1 aliphatic heterocycles. The molecule has 0 unspecified atom stereocenters. The lowest BCUT2D eigenvalue weighted by molar-refractivity contribution is 0.553. The van der Waals surface area contributed by atoms with Crippen LogP contribution >= 0.6 is 23.2 Å². The molecule has 0 bridgehead atoms. The molecule has 2 aromatic rings. The van der Waals surface area contributed by atoms with E-state index in [1.807, 2.05) is 12.1 Å². The van der Waals surface area contributed by atoms with E-state index in [0.717, 1.165) is 23.7 Å². The second-order valence-electron chi connectivity index (χ2n) is 5.30. The van der Waals surface area contributed by atoms with E-state index in [0.29, 0.717) is 10.0 Å². The van der Waals surface area contributed by atoms with Crippen LogP contribution in [0.15, 0.2) is 30.6 Å². The molecule has 0 fully saturated rings. The van der Waals surface area contributed by atoms with Crippen LogP contribution < -0.4 is 4.90 Å². The number of benzene rings is 1. The standard InChI is InChI=1S/C14H13Cl2N3/c1-14(2)8-19(13-12(14)17-5-6-18-13)9-3-4-10(15)11(16)7-9/h3-7H,8H2,1-2H3. The monoisotopic (exact) mass is 293 g/mol. The van der Waals surface area contributed by atoms with Crippen molar-refractivity contribution >= 4 is 34.7 Å². The molecule has 1 aromatic heterocycles. The van der Waals surface area contributed by atoms with Crippen LogP contribution in [-0.2, 0) is 5.41 Å². The molecule has 5 heteroatoms. The fourth-order valence-electron chi connectivity index (χ4n) is 2.42. The van der Waals surface area contributed by atoms with Crippen LogP contribution in [0.25, 0.3) is 0 Å². The maximum Gasteiger partial charge on any atom is 0.155 e. The van der Waals surface area contributed by atoms with Gasteiger partial charge >= 0.3 is 0 Å². The van der Waals surface area contributed by atoms with Crippen molar-refractivity contribution in [1.82, 2.24) is 9.97 Å². The summed E-state index contributed by atoms with van der Waals surface area (Å²) in [4.78, 5) is 11.0. The van der Waals surface area contributed by atoms with E-state index < -0.39 is 0 Å². The van der Waals surface area contributed by atoms with E-state index in [-0.39, 0.29) is 5.41 Å². The quantitative estimate of drug-likeness (QED) is 0.788. The van der Waals surface area contributed by atoms with E-state index in [1.165, 1.54) is 0 Å². The molecule has 0 amide bonds. The zero-order valence-corrected chi connectivity index (χ0v) is 12.2. The van der Waals surface area contributed by atoms with Crippen molar-refractivity contribution in [1.29, 1.82) is 0 Å². The third-order valence-electron chi connectivity index (χ3n) is 3.34. The van der Waals surface area contributed by atoms with E-state index in [4.69, 9.17) is 23.2 Å². The molecular weight excluding hydrogens is 281 g/mol. The lowest BCUT2D eigenvalue weighted by Gasteiger charge is -2.21. The number of halogens is 2. The van der Waals surface area contributed by atoms with Gasteiger partial charge in [0.05, 0.1) is 15.7 Å². The lowest BCUT2D eigenvalue weighted by atomic mass is 9.92. The van der Waals surface area contributed by atoms with Gasteiger partial charge in [-0.15, -0.1) is 0 Å². The molecule has 2 heterocycles. The number of hydrogen-bond donors (Lipinski definition) is 0. The molecule has 19 heavy (non-hydrogen) atoms. The first-order valence-electron chi connectivity index (χ1n) is 6.03. The first-order chi connectivity index (χ1) is 8.99. The van der Waals surface area contributed by atoms with Crippen LogP contribution in [0.1, 0.15) is 19.5 Å². The summed E-state index contributed by atoms with van der Waals surface area (Å²) in [5.41, 5.74) is 1.97. The largest absolute Gasteiger partial charge is 0.324 e. The number of fused-ring (bicyclic) bond motifs is 1. The molecule has 1 aromatic carbocycles.